The van der Waals surface area contributed by atoms with E-state index < -0.39 is 0 Å². The maximum atomic E-state index is 9.38. The Bertz CT molecular complexity index is 734. The van der Waals surface area contributed by atoms with Gasteiger partial charge >= 0.3 is 0 Å². The fourth-order valence-corrected chi connectivity index (χ4v) is 2.22. The van der Waals surface area contributed by atoms with Crippen molar-refractivity contribution in [1.29, 1.82) is 5.26 Å². The molecule has 2 aromatic rings. The van der Waals surface area contributed by atoms with Crippen LogP contribution in [0.15, 0.2) is 60.1 Å². The van der Waals surface area contributed by atoms with Crippen molar-refractivity contribution in [1.82, 2.24) is 4.98 Å². The van der Waals surface area contributed by atoms with Crippen LogP contribution in [-0.4, -0.2) is 9.97 Å². The highest BCUT2D eigenvalue weighted by atomic mass is 32.1. The Morgan fingerprint density at radius 3 is 2.67 bits per heavy atom. The molecule has 5 nitrogen and oxygen atoms in total. The smallest absolute Gasteiger partial charge is 0.155 e. The normalized spacial score (nSPS) is 14.2. The van der Waals surface area contributed by atoms with Crippen LogP contribution in [0.25, 0.3) is 0 Å². The number of aromatic nitrogens is 1. The van der Waals surface area contributed by atoms with E-state index in [-0.39, 0.29) is 0 Å². The Morgan fingerprint density at radius 1 is 1.14 bits per heavy atom. The maximum Gasteiger partial charge on any atom is 0.155 e. The van der Waals surface area contributed by atoms with Crippen LogP contribution in [0.3, 0.4) is 0 Å². The molecule has 0 saturated heterocycles. The lowest BCUT2D eigenvalue weighted by Gasteiger charge is -2.09. The van der Waals surface area contributed by atoms with E-state index in [1.165, 1.54) is 0 Å². The summed E-state index contributed by atoms with van der Waals surface area (Å²) in [5, 5.41) is 18.6. The zero-order valence-corrected chi connectivity index (χ0v) is 11.7. The van der Waals surface area contributed by atoms with Crippen LogP contribution in [0.5, 0.6) is 0 Å². The molecule has 0 aliphatic carbocycles. The SMILES string of the molecule is N#C/C(C(=S)Nc1ccccc1)=C1\Nc2cccnc2N1. The molecule has 1 aromatic carbocycles. The summed E-state index contributed by atoms with van der Waals surface area (Å²) in [5.41, 5.74) is 2.00. The molecular formula is C15H11N5S. The second-order valence-electron chi connectivity index (χ2n) is 4.33. The van der Waals surface area contributed by atoms with E-state index in [0.717, 1.165) is 11.4 Å². The third-order valence-corrected chi connectivity index (χ3v) is 3.24. The number of para-hydroxylation sites is 1. The number of nitriles is 1. The fourth-order valence-electron chi connectivity index (χ4n) is 1.95. The molecule has 0 atom stereocenters. The number of thiocarbonyl (C=S) groups is 1. The molecule has 21 heavy (non-hydrogen) atoms. The molecule has 0 unspecified atom stereocenters. The lowest BCUT2D eigenvalue weighted by Crippen LogP contribution is -2.17. The van der Waals surface area contributed by atoms with E-state index in [1.54, 1.807) is 6.20 Å². The van der Waals surface area contributed by atoms with Crippen molar-refractivity contribution in [3.05, 3.63) is 60.1 Å². The van der Waals surface area contributed by atoms with E-state index in [9.17, 15) is 5.26 Å². The predicted molar refractivity (Wildman–Crippen MR) is 86.8 cm³/mol. The number of pyridine rings is 1. The Labute approximate surface area is 127 Å². The molecule has 102 valence electrons. The number of nitrogens with one attached hydrogen (secondary N) is 3. The summed E-state index contributed by atoms with van der Waals surface area (Å²) in [6.07, 6.45) is 1.68. The summed E-state index contributed by atoms with van der Waals surface area (Å²) >= 11 is 5.31. The molecule has 3 N–H and O–H groups in total. The van der Waals surface area contributed by atoms with Crippen LogP contribution < -0.4 is 16.0 Å². The topological polar surface area (TPSA) is 72.8 Å². The molecule has 1 aromatic heterocycles. The van der Waals surface area contributed by atoms with Gasteiger partial charge in [-0.2, -0.15) is 5.26 Å². The number of anilines is 3. The average molecular weight is 293 g/mol. The highest BCUT2D eigenvalue weighted by Crippen LogP contribution is 2.29. The molecule has 1 aliphatic rings. The second kappa shape index (κ2) is 5.61. The highest BCUT2D eigenvalue weighted by molar-refractivity contribution is 7.81. The van der Waals surface area contributed by atoms with E-state index in [2.05, 4.69) is 27.0 Å². The number of nitrogens with zero attached hydrogens (tertiary/aromatic N) is 2. The van der Waals surface area contributed by atoms with Gasteiger partial charge in [-0.25, -0.2) is 4.98 Å². The standard InChI is InChI=1S/C15H11N5S/c16-9-11(15(21)18-10-5-2-1-3-6-10)13-19-12-7-4-8-17-14(12)20-13/h1-8,19H,(H,17,20)(H,18,21)/b13-11-. The van der Waals surface area contributed by atoms with E-state index in [0.29, 0.717) is 22.2 Å². The van der Waals surface area contributed by atoms with Gasteiger partial charge < -0.3 is 16.0 Å². The zero-order valence-electron chi connectivity index (χ0n) is 10.9. The molecule has 0 amide bonds. The molecule has 6 heteroatoms. The Kier molecular flexibility index (Phi) is 3.50. The molecule has 1 aliphatic heterocycles. The molecular weight excluding hydrogens is 282 g/mol. The highest BCUT2D eigenvalue weighted by Gasteiger charge is 2.20. The van der Waals surface area contributed by atoms with Gasteiger partial charge in [-0.3, -0.25) is 0 Å². The molecule has 2 heterocycles. The van der Waals surface area contributed by atoms with Gasteiger partial charge in [0.1, 0.15) is 22.5 Å². The molecule has 0 spiro atoms. The maximum absolute atomic E-state index is 9.38. The van der Waals surface area contributed by atoms with Crippen LogP contribution in [-0.2, 0) is 0 Å². The summed E-state index contributed by atoms with van der Waals surface area (Å²) < 4.78 is 0. The van der Waals surface area contributed by atoms with Crippen molar-refractivity contribution in [2.24, 2.45) is 0 Å². The van der Waals surface area contributed by atoms with Gasteiger partial charge in [0.15, 0.2) is 5.82 Å². The molecule has 0 radical (unpaired) electrons. The van der Waals surface area contributed by atoms with Crippen molar-refractivity contribution in [2.75, 3.05) is 16.0 Å². The van der Waals surface area contributed by atoms with E-state index in [4.69, 9.17) is 12.2 Å². The van der Waals surface area contributed by atoms with Crippen molar-refractivity contribution < 1.29 is 0 Å². The minimum atomic E-state index is 0.340. The third kappa shape index (κ3) is 2.68. The largest absolute Gasteiger partial charge is 0.345 e. The summed E-state index contributed by atoms with van der Waals surface area (Å²) in [5.74, 6) is 1.22. The Morgan fingerprint density at radius 2 is 1.95 bits per heavy atom. The predicted octanol–water partition coefficient (Wildman–Crippen LogP) is 3.09. The Balaban J connectivity index is 1.85. The van der Waals surface area contributed by atoms with Crippen molar-refractivity contribution in [3.63, 3.8) is 0 Å². The molecule has 0 saturated carbocycles. The Hall–Kier alpha value is -2.91. The minimum Gasteiger partial charge on any atom is -0.345 e. The van der Waals surface area contributed by atoms with Crippen molar-refractivity contribution in [2.45, 2.75) is 0 Å². The fraction of sp³-hybridized carbons (Fsp3) is 0. The summed E-state index contributed by atoms with van der Waals surface area (Å²) in [6, 6.07) is 15.3. The van der Waals surface area contributed by atoms with Gasteiger partial charge in [-0.15, -0.1) is 0 Å². The summed E-state index contributed by atoms with van der Waals surface area (Å²) in [6.45, 7) is 0. The first-order valence-corrected chi connectivity index (χ1v) is 6.68. The number of benzene rings is 1. The van der Waals surface area contributed by atoms with Gasteiger partial charge in [0.2, 0.25) is 0 Å². The van der Waals surface area contributed by atoms with Gasteiger partial charge in [0.05, 0.1) is 5.69 Å². The summed E-state index contributed by atoms with van der Waals surface area (Å²) in [4.78, 5) is 4.54. The first-order valence-electron chi connectivity index (χ1n) is 6.28. The van der Waals surface area contributed by atoms with E-state index in [1.807, 2.05) is 42.5 Å². The lowest BCUT2D eigenvalue weighted by molar-refractivity contribution is 1.33. The molecule has 0 fully saturated rings. The van der Waals surface area contributed by atoms with E-state index >= 15 is 0 Å². The lowest BCUT2D eigenvalue weighted by atomic mass is 10.2. The molecule has 0 bridgehead atoms. The van der Waals surface area contributed by atoms with Gasteiger partial charge in [0, 0.05) is 11.9 Å². The van der Waals surface area contributed by atoms with Crippen LogP contribution in [0, 0.1) is 11.3 Å². The van der Waals surface area contributed by atoms with Gasteiger partial charge in [0.25, 0.3) is 0 Å². The first-order chi connectivity index (χ1) is 10.3. The van der Waals surface area contributed by atoms with Gasteiger partial charge in [-0.05, 0) is 24.3 Å². The minimum absolute atomic E-state index is 0.340. The quantitative estimate of drug-likeness (QED) is 0.449. The number of rotatable bonds is 2. The number of hydrogen-bond acceptors (Lipinski definition) is 5. The average Bonchev–Trinajstić information content (AvgIpc) is 2.92. The van der Waals surface area contributed by atoms with Crippen LogP contribution in [0.2, 0.25) is 0 Å². The van der Waals surface area contributed by atoms with Crippen LogP contribution in [0.4, 0.5) is 17.2 Å². The first kappa shape index (κ1) is 13.1. The van der Waals surface area contributed by atoms with Crippen molar-refractivity contribution in [3.8, 4) is 6.07 Å². The monoisotopic (exact) mass is 293 g/mol. The third-order valence-electron chi connectivity index (χ3n) is 2.93. The van der Waals surface area contributed by atoms with Crippen LogP contribution >= 0.6 is 12.2 Å². The number of fused-ring (bicyclic) bond motifs is 1. The second-order valence-corrected chi connectivity index (χ2v) is 4.74. The van der Waals surface area contributed by atoms with Gasteiger partial charge in [-0.1, -0.05) is 30.4 Å². The summed E-state index contributed by atoms with van der Waals surface area (Å²) in [7, 11) is 0. The zero-order chi connectivity index (χ0) is 14.7. The molecule has 3 rings (SSSR count). The van der Waals surface area contributed by atoms with Crippen LogP contribution in [0.1, 0.15) is 0 Å². The number of hydrogen-bond donors (Lipinski definition) is 3. The van der Waals surface area contributed by atoms with Crippen molar-refractivity contribution >= 4 is 34.4 Å².